The second-order valence-corrected chi connectivity index (χ2v) is 7.67. The van der Waals surface area contributed by atoms with Crippen LogP contribution in [-0.2, 0) is 0 Å². The Bertz CT molecular complexity index is 256. The van der Waals surface area contributed by atoms with E-state index in [9.17, 15) is 0 Å². The van der Waals surface area contributed by atoms with Crippen molar-refractivity contribution in [1.82, 2.24) is 10.2 Å². The van der Waals surface area contributed by atoms with Crippen LogP contribution in [0.3, 0.4) is 0 Å². The molecule has 1 N–H and O–H groups in total. The molecular weight excluding hydrogens is 232 g/mol. The van der Waals surface area contributed by atoms with Gasteiger partial charge >= 0.3 is 0 Å². The van der Waals surface area contributed by atoms with Gasteiger partial charge in [0.15, 0.2) is 0 Å². The Kier molecular flexibility index (Phi) is 6.32. The third-order valence-electron chi connectivity index (χ3n) is 5.18. The van der Waals surface area contributed by atoms with E-state index in [1.54, 1.807) is 0 Å². The van der Waals surface area contributed by atoms with Gasteiger partial charge < -0.3 is 10.2 Å². The minimum atomic E-state index is 0.527. The first-order chi connectivity index (χ1) is 8.80. The van der Waals surface area contributed by atoms with E-state index in [1.807, 2.05) is 0 Å². The highest BCUT2D eigenvalue weighted by Gasteiger charge is 2.36. The van der Waals surface area contributed by atoms with Crippen molar-refractivity contribution in [3.8, 4) is 0 Å². The van der Waals surface area contributed by atoms with E-state index in [4.69, 9.17) is 0 Å². The molecule has 0 aromatic carbocycles. The van der Waals surface area contributed by atoms with E-state index in [0.29, 0.717) is 17.5 Å². The Morgan fingerprint density at radius 2 is 1.74 bits per heavy atom. The molecule has 0 spiro atoms. The van der Waals surface area contributed by atoms with E-state index < -0.39 is 0 Å². The van der Waals surface area contributed by atoms with Gasteiger partial charge in [-0.3, -0.25) is 0 Å². The SMILES string of the molecule is CCC(CC)C(CNC1CC(C)(C)CC1C)N(C)C. The van der Waals surface area contributed by atoms with Gasteiger partial charge in [0.1, 0.15) is 0 Å². The monoisotopic (exact) mass is 268 g/mol. The van der Waals surface area contributed by atoms with Crippen molar-refractivity contribution in [3.05, 3.63) is 0 Å². The van der Waals surface area contributed by atoms with Crippen LogP contribution in [0.2, 0.25) is 0 Å². The number of nitrogens with one attached hydrogen (secondary N) is 1. The van der Waals surface area contributed by atoms with Crippen LogP contribution in [-0.4, -0.2) is 37.6 Å². The number of likely N-dealkylation sites (N-methyl/N-ethyl adjacent to an activating group) is 1. The first kappa shape index (κ1) is 17.0. The number of hydrogen-bond acceptors (Lipinski definition) is 2. The van der Waals surface area contributed by atoms with Crippen molar-refractivity contribution in [2.45, 2.75) is 72.4 Å². The minimum Gasteiger partial charge on any atom is -0.312 e. The number of hydrogen-bond donors (Lipinski definition) is 1. The summed E-state index contributed by atoms with van der Waals surface area (Å²) in [4.78, 5) is 2.41. The maximum atomic E-state index is 3.88. The summed E-state index contributed by atoms with van der Waals surface area (Å²) in [6, 6.07) is 1.39. The molecule has 0 heterocycles. The van der Waals surface area contributed by atoms with E-state index in [1.165, 1.54) is 25.7 Å². The standard InChI is InChI=1S/C17H36N2/c1-8-14(9-2)16(19(6)7)12-18-15-11-17(4,5)10-13(15)3/h13-16,18H,8-12H2,1-7H3. The molecule has 19 heavy (non-hydrogen) atoms. The first-order valence-electron chi connectivity index (χ1n) is 8.20. The molecule has 0 saturated heterocycles. The quantitative estimate of drug-likeness (QED) is 0.756. The Hall–Kier alpha value is -0.0800. The van der Waals surface area contributed by atoms with Gasteiger partial charge in [-0.1, -0.05) is 47.5 Å². The maximum Gasteiger partial charge on any atom is 0.0242 e. The molecule has 3 unspecified atom stereocenters. The fraction of sp³-hybridized carbons (Fsp3) is 1.00. The van der Waals surface area contributed by atoms with Gasteiger partial charge in [-0.15, -0.1) is 0 Å². The molecule has 2 heteroatoms. The molecular formula is C17H36N2. The van der Waals surface area contributed by atoms with Crippen molar-refractivity contribution in [3.63, 3.8) is 0 Å². The predicted molar refractivity (Wildman–Crippen MR) is 85.5 cm³/mol. The average Bonchev–Trinajstić information content (AvgIpc) is 2.57. The van der Waals surface area contributed by atoms with Gasteiger partial charge in [0, 0.05) is 18.6 Å². The lowest BCUT2D eigenvalue weighted by Crippen LogP contribution is -2.46. The van der Waals surface area contributed by atoms with Gasteiger partial charge in [0.05, 0.1) is 0 Å². The average molecular weight is 268 g/mol. The van der Waals surface area contributed by atoms with Crippen molar-refractivity contribution in [2.24, 2.45) is 17.3 Å². The molecule has 0 aliphatic heterocycles. The van der Waals surface area contributed by atoms with Crippen molar-refractivity contribution in [1.29, 1.82) is 0 Å². The number of rotatable bonds is 7. The highest BCUT2D eigenvalue weighted by atomic mass is 15.1. The Labute approximate surface area is 121 Å². The van der Waals surface area contributed by atoms with E-state index in [0.717, 1.165) is 18.4 Å². The van der Waals surface area contributed by atoms with Gasteiger partial charge in [-0.25, -0.2) is 0 Å². The maximum absolute atomic E-state index is 3.88. The first-order valence-corrected chi connectivity index (χ1v) is 8.20. The molecule has 1 aliphatic carbocycles. The Morgan fingerprint density at radius 1 is 1.16 bits per heavy atom. The summed E-state index contributed by atoms with van der Waals surface area (Å²) in [7, 11) is 4.46. The lowest BCUT2D eigenvalue weighted by molar-refractivity contribution is 0.185. The molecule has 2 nitrogen and oxygen atoms in total. The number of nitrogens with zero attached hydrogens (tertiary/aromatic N) is 1. The normalized spacial score (nSPS) is 28.3. The molecule has 0 amide bonds. The molecule has 3 atom stereocenters. The third kappa shape index (κ3) is 4.75. The van der Waals surface area contributed by atoms with Crippen LogP contribution in [0, 0.1) is 17.3 Å². The van der Waals surface area contributed by atoms with E-state index >= 15 is 0 Å². The lowest BCUT2D eigenvalue weighted by atomic mass is 9.91. The van der Waals surface area contributed by atoms with Gasteiger partial charge in [-0.05, 0) is 44.2 Å². The van der Waals surface area contributed by atoms with E-state index in [2.05, 4.69) is 58.9 Å². The van der Waals surface area contributed by atoms with Crippen molar-refractivity contribution < 1.29 is 0 Å². The molecule has 0 aromatic rings. The Balaban J connectivity index is 2.53. The van der Waals surface area contributed by atoms with Crippen LogP contribution in [0.1, 0.15) is 60.3 Å². The van der Waals surface area contributed by atoms with Crippen molar-refractivity contribution in [2.75, 3.05) is 20.6 Å². The summed E-state index contributed by atoms with van der Waals surface area (Å²) in [5.41, 5.74) is 0.527. The van der Waals surface area contributed by atoms with Crippen LogP contribution in [0.25, 0.3) is 0 Å². The Morgan fingerprint density at radius 3 is 2.11 bits per heavy atom. The van der Waals surface area contributed by atoms with Crippen LogP contribution < -0.4 is 5.32 Å². The highest BCUT2D eigenvalue weighted by molar-refractivity contribution is 4.92. The molecule has 0 bridgehead atoms. The second-order valence-electron chi connectivity index (χ2n) is 7.67. The molecule has 1 rings (SSSR count). The van der Waals surface area contributed by atoms with Gasteiger partial charge in [-0.2, -0.15) is 0 Å². The fourth-order valence-corrected chi connectivity index (χ4v) is 4.04. The summed E-state index contributed by atoms with van der Waals surface area (Å²) in [6.07, 6.45) is 5.26. The van der Waals surface area contributed by atoms with E-state index in [-0.39, 0.29) is 0 Å². The molecule has 1 aliphatic rings. The van der Waals surface area contributed by atoms with Gasteiger partial charge in [0.25, 0.3) is 0 Å². The zero-order chi connectivity index (χ0) is 14.6. The van der Waals surface area contributed by atoms with Crippen molar-refractivity contribution >= 4 is 0 Å². The fourth-order valence-electron chi connectivity index (χ4n) is 4.04. The highest BCUT2D eigenvalue weighted by Crippen LogP contribution is 2.40. The second kappa shape index (κ2) is 7.08. The molecule has 114 valence electrons. The summed E-state index contributed by atoms with van der Waals surface area (Å²) < 4.78 is 0. The largest absolute Gasteiger partial charge is 0.312 e. The van der Waals surface area contributed by atoms with Gasteiger partial charge in [0.2, 0.25) is 0 Å². The topological polar surface area (TPSA) is 15.3 Å². The lowest BCUT2D eigenvalue weighted by Gasteiger charge is -2.33. The van der Waals surface area contributed by atoms with Crippen LogP contribution in [0.4, 0.5) is 0 Å². The van der Waals surface area contributed by atoms with Crippen LogP contribution >= 0.6 is 0 Å². The molecule has 0 aromatic heterocycles. The van der Waals surface area contributed by atoms with Crippen LogP contribution in [0.15, 0.2) is 0 Å². The van der Waals surface area contributed by atoms with Crippen LogP contribution in [0.5, 0.6) is 0 Å². The summed E-state index contributed by atoms with van der Waals surface area (Å²) in [6.45, 7) is 13.0. The summed E-state index contributed by atoms with van der Waals surface area (Å²) in [5, 5.41) is 3.88. The zero-order valence-electron chi connectivity index (χ0n) is 14.3. The zero-order valence-corrected chi connectivity index (χ0v) is 14.3. The molecule has 0 radical (unpaired) electrons. The molecule has 1 fully saturated rings. The molecule has 1 saturated carbocycles. The predicted octanol–water partition coefficient (Wildman–Crippen LogP) is 3.77. The minimum absolute atomic E-state index is 0.527. The third-order valence-corrected chi connectivity index (χ3v) is 5.18. The smallest absolute Gasteiger partial charge is 0.0242 e. The summed E-state index contributed by atoms with van der Waals surface area (Å²) in [5.74, 6) is 1.63. The summed E-state index contributed by atoms with van der Waals surface area (Å²) >= 11 is 0.